The van der Waals surface area contributed by atoms with Gasteiger partial charge in [0.25, 0.3) is 5.91 Å². The Labute approximate surface area is 206 Å². The topological polar surface area (TPSA) is 136 Å². The molecule has 4 aromatic rings. The van der Waals surface area contributed by atoms with E-state index >= 15 is 0 Å². The number of anilines is 4. The number of rotatable bonds is 9. The summed E-state index contributed by atoms with van der Waals surface area (Å²) in [6.07, 6.45) is 5.19. The van der Waals surface area contributed by atoms with E-state index in [-0.39, 0.29) is 11.4 Å². The predicted octanol–water partition coefficient (Wildman–Crippen LogP) is 3.95. The molecule has 11 nitrogen and oxygen atoms in total. The SMILES string of the molecule is CCONC(=O)c1cnc(Nc2ccnc(C)n2)cc1Nc1cccc(-c2ncc(F)cn2)c1OC. The van der Waals surface area contributed by atoms with E-state index in [1.54, 1.807) is 50.4 Å². The highest BCUT2D eigenvalue weighted by Gasteiger charge is 2.18. The van der Waals surface area contributed by atoms with Crippen molar-refractivity contribution in [1.82, 2.24) is 30.4 Å². The first-order valence-electron chi connectivity index (χ1n) is 10.9. The van der Waals surface area contributed by atoms with Gasteiger partial charge in [-0.05, 0) is 32.0 Å². The number of nitrogens with zero attached hydrogens (tertiary/aromatic N) is 5. The molecule has 3 aromatic heterocycles. The molecule has 0 saturated heterocycles. The van der Waals surface area contributed by atoms with Crippen molar-refractivity contribution in [3.05, 3.63) is 72.3 Å². The highest BCUT2D eigenvalue weighted by atomic mass is 19.1. The highest BCUT2D eigenvalue weighted by molar-refractivity contribution is 6.00. The number of methoxy groups -OCH3 is 1. The van der Waals surface area contributed by atoms with E-state index in [0.29, 0.717) is 46.8 Å². The minimum atomic E-state index is -0.548. The molecule has 0 saturated carbocycles. The first-order chi connectivity index (χ1) is 17.5. The Morgan fingerprint density at radius 3 is 2.53 bits per heavy atom. The van der Waals surface area contributed by atoms with Crippen molar-refractivity contribution < 1.29 is 18.8 Å². The summed E-state index contributed by atoms with van der Waals surface area (Å²) in [6.45, 7) is 3.82. The van der Waals surface area contributed by atoms with Crippen molar-refractivity contribution in [3.8, 4) is 17.1 Å². The number of hydrogen-bond acceptors (Lipinski definition) is 10. The summed E-state index contributed by atoms with van der Waals surface area (Å²) in [6, 6.07) is 8.62. The molecule has 0 aliphatic heterocycles. The number of para-hydroxylation sites is 1. The van der Waals surface area contributed by atoms with Crippen LogP contribution in [0.1, 0.15) is 23.1 Å². The van der Waals surface area contributed by atoms with Crippen LogP contribution in [0.2, 0.25) is 0 Å². The molecule has 36 heavy (non-hydrogen) atoms. The summed E-state index contributed by atoms with van der Waals surface area (Å²) in [5, 5.41) is 6.32. The smallest absolute Gasteiger partial charge is 0.278 e. The Kier molecular flexibility index (Phi) is 7.56. The van der Waals surface area contributed by atoms with Crippen LogP contribution < -0.4 is 20.9 Å². The Morgan fingerprint density at radius 2 is 1.81 bits per heavy atom. The van der Waals surface area contributed by atoms with Crippen molar-refractivity contribution in [2.24, 2.45) is 0 Å². The summed E-state index contributed by atoms with van der Waals surface area (Å²) in [7, 11) is 1.49. The fourth-order valence-corrected chi connectivity index (χ4v) is 3.29. The molecule has 4 rings (SSSR count). The van der Waals surface area contributed by atoms with Crippen LogP contribution in [-0.2, 0) is 4.84 Å². The quantitative estimate of drug-likeness (QED) is 0.296. The Balaban J connectivity index is 1.73. The van der Waals surface area contributed by atoms with Crippen molar-refractivity contribution in [1.29, 1.82) is 0 Å². The van der Waals surface area contributed by atoms with Crippen molar-refractivity contribution in [2.75, 3.05) is 24.4 Å². The zero-order chi connectivity index (χ0) is 25.5. The lowest BCUT2D eigenvalue weighted by Gasteiger charge is -2.17. The maximum Gasteiger partial charge on any atom is 0.278 e. The maximum absolute atomic E-state index is 13.3. The van der Waals surface area contributed by atoms with Crippen molar-refractivity contribution in [3.63, 3.8) is 0 Å². The molecular formula is C24H23FN8O3. The number of hydrogen-bond donors (Lipinski definition) is 3. The van der Waals surface area contributed by atoms with Crippen LogP contribution in [0.3, 0.4) is 0 Å². The number of carbonyl (C=O) groups excluding carboxylic acids is 1. The fourth-order valence-electron chi connectivity index (χ4n) is 3.29. The molecule has 0 unspecified atom stereocenters. The second-order valence-electron chi connectivity index (χ2n) is 7.33. The Bertz CT molecular complexity index is 1370. The Hall–Kier alpha value is -4.71. The number of halogens is 1. The Morgan fingerprint density at radius 1 is 1.00 bits per heavy atom. The van der Waals surface area contributed by atoms with Gasteiger partial charge in [0.1, 0.15) is 17.5 Å². The van der Waals surface area contributed by atoms with Crippen LogP contribution in [0.4, 0.5) is 27.4 Å². The van der Waals surface area contributed by atoms with Gasteiger partial charge in [-0.25, -0.2) is 34.8 Å². The first kappa shape index (κ1) is 24.4. The molecule has 12 heteroatoms. The summed E-state index contributed by atoms with van der Waals surface area (Å²) in [5.74, 6) is 1.21. The van der Waals surface area contributed by atoms with Crippen molar-refractivity contribution in [2.45, 2.75) is 13.8 Å². The number of carbonyl (C=O) groups is 1. The lowest BCUT2D eigenvalue weighted by molar-refractivity contribution is 0.0365. The number of benzene rings is 1. The average molecular weight is 490 g/mol. The monoisotopic (exact) mass is 490 g/mol. The summed E-state index contributed by atoms with van der Waals surface area (Å²) < 4.78 is 19.0. The standard InChI is InChI=1S/C24H23FN8O3/c1-4-36-33-24(34)17-13-27-21(32-20-8-9-26-14(2)30-20)10-19(17)31-18-7-5-6-16(22(18)35-3)23-28-11-15(25)12-29-23/h5-13H,4H2,1-3H3,(H,33,34)(H2,26,27,30,31,32). The van der Waals surface area contributed by atoms with Gasteiger partial charge in [-0.3, -0.25) is 9.63 Å². The van der Waals surface area contributed by atoms with Crippen LogP contribution in [0.25, 0.3) is 11.4 Å². The lowest BCUT2D eigenvalue weighted by Crippen LogP contribution is -2.24. The summed E-state index contributed by atoms with van der Waals surface area (Å²) >= 11 is 0. The van der Waals surface area contributed by atoms with Gasteiger partial charge >= 0.3 is 0 Å². The maximum atomic E-state index is 13.3. The normalized spacial score (nSPS) is 10.6. The van der Waals surface area contributed by atoms with Gasteiger partial charge < -0.3 is 15.4 Å². The third-order valence-electron chi connectivity index (χ3n) is 4.84. The number of nitrogens with one attached hydrogen (secondary N) is 3. The zero-order valence-corrected chi connectivity index (χ0v) is 19.7. The number of pyridine rings is 1. The van der Waals surface area contributed by atoms with E-state index in [2.05, 4.69) is 41.0 Å². The highest BCUT2D eigenvalue weighted by Crippen LogP contribution is 2.37. The molecule has 0 spiro atoms. The zero-order valence-electron chi connectivity index (χ0n) is 19.7. The molecule has 1 aromatic carbocycles. The van der Waals surface area contributed by atoms with E-state index in [9.17, 15) is 9.18 Å². The van der Waals surface area contributed by atoms with Gasteiger partial charge in [-0.15, -0.1) is 0 Å². The van der Waals surface area contributed by atoms with Gasteiger partial charge in [0, 0.05) is 18.5 Å². The predicted molar refractivity (Wildman–Crippen MR) is 131 cm³/mol. The number of ether oxygens (including phenoxy) is 1. The fraction of sp³-hybridized carbons (Fsp3) is 0.167. The molecule has 0 fully saturated rings. The molecule has 0 aliphatic rings. The van der Waals surface area contributed by atoms with Crippen molar-refractivity contribution >= 4 is 28.9 Å². The average Bonchev–Trinajstić information content (AvgIpc) is 2.88. The van der Waals surface area contributed by atoms with E-state index in [1.165, 1.54) is 13.3 Å². The first-order valence-corrected chi connectivity index (χ1v) is 10.9. The number of aryl methyl sites for hydroxylation is 1. The second kappa shape index (κ2) is 11.1. The largest absolute Gasteiger partial charge is 0.494 e. The molecule has 0 radical (unpaired) electrons. The number of aromatic nitrogens is 5. The van der Waals surface area contributed by atoms with Crippen LogP contribution >= 0.6 is 0 Å². The van der Waals surface area contributed by atoms with Crippen LogP contribution in [0.5, 0.6) is 5.75 Å². The van der Waals surface area contributed by atoms with E-state index in [4.69, 9.17) is 9.57 Å². The molecule has 0 aliphatic carbocycles. The van der Waals surface area contributed by atoms with E-state index in [1.807, 2.05) is 0 Å². The lowest BCUT2D eigenvalue weighted by atomic mass is 10.1. The molecule has 0 atom stereocenters. The molecule has 1 amide bonds. The number of amides is 1. The third-order valence-corrected chi connectivity index (χ3v) is 4.84. The van der Waals surface area contributed by atoms with Crippen LogP contribution in [0, 0.1) is 12.7 Å². The van der Waals surface area contributed by atoms with Crippen LogP contribution in [-0.4, -0.2) is 44.5 Å². The van der Waals surface area contributed by atoms with Crippen LogP contribution in [0.15, 0.2) is 55.1 Å². The molecule has 0 bridgehead atoms. The summed E-state index contributed by atoms with van der Waals surface area (Å²) in [5.41, 5.74) is 4.06. The number of hydroxylamine groups is 1. The summed E-state index contributed by atoms with van der Waals surface area (Å²) in [4.78, 5) is 38.7. The minimum absolute atomic E-state index is 0.221. The molecule has 184 valence electrons. The second-order valence-corrected chi connectivity index (χ2v) is 7.33. The molecular weight excluding hydrogens is 467 g/mol. The molecule has 3 heterocycles. The van der Waals surface area contributed by atoms with Gasteiger partial charge in [-0.2, -0.15) is 0 Å². The van der Waals surface area contributed by atoms with E-state index in [0.717, 1.165) is 12.4 Å². The van der Waals surface area contributed by atoms with E-state index < -0.39 is 11.7 Å². The van der Waals surface area contributed by atoms with Gasteiger partial charge in [0.2, 0.25) is 0 Å². The molecule has 3 N–H and O–H groups in total. The van der Waals surface area contributed by atoms with Gasteiger partial charge in [0.05, 0.1) is 48.6 Å². The minimum Gasteiger partial charge on any atom is -0.494 e. The van der Waals surface area contributed by atoms with Gasteiger partial charge in [-0.1, -0.05) is 6.07 Å². The third kappa shape index (κ3) is 5.67. The van der Waals surface area contributed by atoms with Gasteiger partial charge in [0.15, 0.2) is 17.4 Å².